The van der Waals surface area contributed by atoms with Crippen molar-refractivity contribution in [2.75, 3.05) is 0 Å². The van der Waals surface area contributed by atoms with E-state index < -0.39 is 0 Å². The van der Waals surface area contributed by atoms with Crippen molar-refractivity contribution in [2.24, 2.45) is 0 Å². The van der Waals surface area contributed by atoms with Crippen LogP contribution in [0.3, 0.4) is 0 Å². The van der Waals surface area contributed by atoms with Gasteiger partial charge in [-0.3, -0.25) is 0 Å². The molecular weight excluding hydrogens is 155 g/mol. The molecule has 77 valence electrons. The highest BCUT2D eigenvalue weighted by atomic mass is 14.2. The van der Waals surface area contributed by atoms with Gasteiger partial charge in [-0.1, -0.05) is 77.9 Å². The zero-order valence-electron chi connectivity index (χ0n) is 10.0. The van der Waals surface area contributed by atoms with Gasteiger partial charge in [0, 0.05) is 0 Å². The molecule has 0 heterocycles. The van der Waals surface area contributed by atoms with Crippen LogP contribution < -0.4 is 0 Å². The molecule has 1 radical (unpaired) electrons. The van der Waals surface area contributed by atoms with Gasteiger partial charge in [-0.2, -0.15) is 0 Å². The molecule has 0 spiro atoms. The molecule has 1 heteroatoms. The van der Waals surface area contributed by atoms with Gasteiger partial charge in [-0.25, -0.2) is 0 Å². The second-order valence-corrected chi connectivity index (χ2v) is 4.50. The highest BCUT2D eigenvalue weighted by Crippen LogP contribution is 2.36. The minimum absolute atomic E-state index is 0.516. The molecular formula is C12H26B. The average molecular weight is 181 g/mol. The summed E-state index contributed by atoms with van der Waals surface area (Å²) in [5.74, 6) is 0. The maximum atomic E-state index is 2.41. The Hall–Kier alpha value is 0.0649. The zero-order chi connectivity index (χ0) is 10.2. The summed E-state index contributed by atoms with van der Waals surface area (Å²) in [6.45, 7) is 9.18. The molecule has 13 heavy (non-hydrogen) atoms. The van der Waals surface area contributed by atoms with Gasteiger partial charge in [0.1, 0.15) is 7.28 Å². The van der Waals surface area contributed by atoms with Crippen molar-refractivity contribution in [3.8, 4) is 0 Å². The summed E-state index contributed by atoms with van der Waals surface area (Å²) in [5, 5.41) is 0.516. The van der Waals surface area contributed by atoms with Crippen LogP contribution >= 0.6 is 0 Å². The predicted octanol–water partition coefficient (Wildman–Crippen LogP) is 4.69. The smallest absolute Gasteiger partial charge is 0.0914 e. The number of hydrogen-bond donors (Lipinski definition) is 0. The third-order valence-electron chi connectivity index (χ3n) is 3.12. The highest BCUT2D eigenvalue weighted by Gasteiger charge is 2.20. The van der Waals surface area contributed by atoms with Crippen LogP contribution in [0.15, 0.2) is 0 Å². The Morgan fingerprint density at radius 2 is 1.62 bits per heavy atom. The van der Waals surface area contributed by atoms with Crippen LogP contribution in [-0.2, 0) is 0 Å². The first kappa shape index (κ1) is 13.1. The predicted molar refractivity (Wildman–Crippen MR) is 63.7 cm³/mol. The molecule has 0 fully saturated rings. The molecule has 0 aromatic carbocycles. The molecule has 0 aliphatic rings. The van der Waals surface area contributed by atoms with Crippen molar-refractivity contribution < 1.29 is 0 Å². The Balaban J connectivity index is 3.57. The second-order valence-electron chi connectivity index (χ2n) is 4.50. The van der Waals surface area contributed by atoms with E-state index in [1.807, 2.05) is 0 Å². The van der Waals surface area contributed by atoms with Gasteiger partial charge in [0.25, 0.3) is 0 Å². The molecule has 1 unspecified atom stereocenters. The Morgan fingerprint density at radius 3 is 2.08 bits per heavy atom. The first-order valence-electron chi connectivity index (χ1n) is 5.99. The minimum atomic E-state index is 0.516. The molecule has 0 aromatic heterocycles. The lowest BCUT2D eigenvalue weighted by molar-refractivity contribution is 0.471. The molecule has 0 aromatic rings. The van der Waals surface area contributed by atoms with E-state index >= 15 is 0 Å². The van der Waals surface area contributed by atoms with Crippen LogP contribution in [0, 0.1) is 0 Å². The van der Waals surface area contributed by atoms with Crippen LogP contribution in [0.2, 0.25) is 12.1 Å². The van der Waals surface area contributed by atoms with Gasteiger partial charge in [0.05, 0.1) is 0 Å². The van der Waals surface area contributed by atoms with Gasteiger partial charge in [0.2, 0.25) is 0 Å². The van der Waals surface area contributed by atoms with Crippen LogP contribution in [0.25, 0.3) is 0 Å². The fraction of sp³-hybridized carbons (Fsp3) is 1.00. The van der Waals surface area contributed by atoms with Crippen LogP contribution in [-0.4, -0.2) is 7.28 Å². The summed E-state index contributed by atoms with van der Waals surface area (Å²) in [5.41, 5.74) is 0. The summed E-state index contributed by atoms with van der Waals surface area (Å²) >= 11 is 0. The molecule has 0 aliphatic carbocycles. The highest BCUT2D eigenvalue weighted by molar-refractivity contribution is 6.38. The lowest BCUT2D eigenvalue weighted by Gasteiger charge is -2.27. The second kappa shape index (κ2) is 7.47. The summed E-state index contributed by atoms with van der Waals surface area (Å²) in [7, 11) is 2.41. The molecule has 0 bridgehead atoms. The fourth-order valence-electron chi connectivity index (χ4n) is 1.94. The molecule has 1 atom stereocenters. The van der Waals surface area contributed by atoms with Crippen molar-refractivity contribution in [2.45, 2.75) is 77.9 Å². The van der Waals surface area contributed by atoms with E-state index in [2.05, 4.69) is 34.9 Å². The lowest BCUT2D eigenvalue weighted by Crippen LogP contribution is -2.14. The Labute approximate surface area is 85.7 Å². The van der Waals surface area contributed by atoms with Crippen molar-refractivity contribution in [3.05, 3.63) is 0 Å². The maximum absolute atomic E-state index is 2.41. The standard InChI is InChI=1S/C12H26B/c1-5-7-8-9-11-12(3,13-4)10-6-2/h5-11H2,1-4H3. The van der Waals surface area contributed by atoms with Crippen LogP contribution in [0.5, 0.6) is 0 Å². The van der Waals surface area contributed by atoms with E-state index in [0.29, 0.717) is 5.31 Å². The summed E-state index contributed by atoms with van der Waals surface area (Å²) in [6.07, 6.45) is 9.64. The number of unbranched alkanes of at least 4 members (excludes halogenated alkanes) is 3. The maximum Gasteiger partial charge on any atom is 0.114 e. The summed E-state index contributed by atoms with van der Waals surface area (Å²) < 4.78 is 0. The lowest BCUT2D eigenvalue weighted by atomic mass is 9.51. The van der Waals surface area contributed by atoms with Crippen molar-refractivity contribution in [1.29, 1.82) is 0 Å². The summed E-state index contributed by atoms with van der Waals surface area (Å²) in [4.78, 5) is 0. The molecule has 0 saturated carbocycles. The fourth-order valence-corrected chi connectivity index (χ4v) is 1.94. The van der Waals surface area contributed by atoms with E-state index in [4.69, 9.17) is 0 Å². The molecule has 0 rings (SSSR count). The third-order valence-corrected chi connectivity index (χ3v) is 3.12. The van der Waals surface area contributed by atoms with Gasteiger partial charge in [-0.05, 0) is 0 Å². The van der Waals surface area contributed by atoms with Gasteiger partial charge < -0.3 is 0 Å². The number of hydrogen-bond acceptors (Lipinski definition) is 0. The molecule has 0 nitrogen and oxygen atoms in total. The first-order chi connectivity index (χ1) is 6.18. The summed E-state index contributed by atoms with van der Waals surface area (Å²) in [6, 6.07) is 0. The van der Waals surface area contributed by atoms with Crippen molar-refractivity contribution in [3.63, 3.8) is 0 Å². The van der Waals surface area contributed by atoms with Crippen LogP contribution in [0.4, 0.5) is 0 Å². The van der Waals surface area contributed by atoms with Gasteiger partial charge in [-0.15, -0.1) is 0 Å². The average Bonchev–Trinajstić information content (AvgIpc) is 2.13. The number of rotatable bonds is 8. The quantitative estimate of drug-likeness (QED) is 0.376. The van der Waals surface area contributed by atoms with E-state index in [-0.39, 0.29) is 0 Å². The zero-order valence-corrected chi connectivity index (χ0v) is 10.0. The monoisotopic (exact) mass is 181 g/mol. The Morgan fingerprint density at radius 1 is 0.923 bits per heavy atom. The van der Waals surface area contributed by atoms with Gasteiger partial charge >= 0.3 is 0 Å². The topological polar surface area (TPSA) is 0 Å². The van der Waals surface area contributed by atoms with E-state index in [1.54, 1.807) is 0 Å². The third kappa shape index (κ3) is 6.18. The molecule has 0 N–H and O–H groups in total. The van der Waals surface area contributed by atoms with E-state index in [0.717, 1.165) is 0 Å². The SMILES string of the molecule is C[B]C(C)(CCC)CCCCCC. The Kier molecular flexibility index (Phi) is 7.50. The molecule has 0 amide bonds. The first-order valence-corrected chi connectivity index (χ1v) is 5.99. The minimum Gasteiger partial charge on any atom is -0.0914 e. The van der Waals surface area contributed by atoms with E-state index in [1.165, 1.54) is 44.9 Å². The molecule has 0 saturated heterocycles. The van der Waals surface area contributed by atoms with Crippen molar-refractivity contribution >= 4 is 7.28 Å². The normalized spacial score (nSPS) is 15.4. The van der Waals surface area contributed by atoms with Crippen molar-refractivity contribution in [1.82, 2.24) is 0 Å². The largest absolute Gasteiger partial charge is 0.114 e. The molecule has 0 aliphatic heterocycles. The Bertz CT molecular complexity index is 112. The van der Waals surface area contributed by atoms with Gasteiger partial charge in [0.15, 0.2) is 0 Å². The van der Waals surface area contributed by atoms with E-state index in [9.17, 15) is 0 Å². The van der Waals surface area contributed by atoms with Crippen LogP contribution in [0.1, 0.15) is 65.7 Å².